The van der Waals surface area contributed by atoms with Crippen molar-refractivity contribution in [2.75, 3.05) is 19.7 Å². The van der Waals surface area contributed by atoms with Crippen LogP contribution in [-0.2, 0) is 11.3 Å². The van der Waals surface area contributed by atoms with Crippen LogP contribution in [0.2, 0.25) is 5.02 Å². The molecule has 7 heteroatoms. The van der Waals surface area contributed by atoms with Gasteiger partial charge in [0.2, 0.25) is 0 Å². The molecule has 0 saturated heterocycles. The Hall–Kier alpha value is -2.57. The predicted octanol–water partition coefficient (Wildman–Crippen LogP) is 2.11. The number of ether oxygens (including phenoxy) is 1. The van der Waals surface area contributed by atoms with Gasteiger partial charge in [0.25, 0.3) is 11.8 Å². The molecule has 0 fully saturated rings. The molecule has 0 spiro atoms. The normalized spacial score (nSPS) is 10.2. The van der Waals surface area contributed by atoms with Crippen molar-refractivity contribution in [3.05, 3.63) is 64.7 Å². The number of hydrogen-bond donors (Lipinski definition) is 3. The van der Waals surface area contributed by atoms with E-state index in [1.54, 1.807) is 36.4 Å². The SMILES string of the molecule is NCc1ccc(C(=O)NCCCNC(=O)COc2ccc(Cl)cc2)cc1. The average Bonchev–Trinajstić information content (AvgIpc) is 2.67. The Morgan fingerprint density at radius 1 is 0.962 bits per heavy atom. The predicted molar refractivity (Wildman–Crippen MR) is 101 cm³/mol. The molecule has 0 aliphatic heterocycles. The van der Waals surface area contributed by atoms with Gasteiger partial charge in [0.05, 0.1) is 0 Å². The van der Waals surface area contributed by atoms with E-state index in [0.29, 0.717) is 42.4 Å². The molecule has 0 saturated carbocycles. The molecule has 2 amide bonds. The van der Waals surface area contributed by atoms with Gasteiger partial charge in [0.15, 0.2) is 6.61 Å². The Labute approximate surface area is 157 Å². The summed E-state index contributed by atoms with van der Waals surface area (Å²) in [6.07, 6.45) is 0.624. The summed E-state index contributed by atoms with van der Waals surface area (Å²) in [6, 6.07) is 13.9. The molecule has 0 bridgehead atoms. The van der Waals surface area contributed by atoms with E-state index in [1.807, 2.05) is 12.1 Å². The summed E-state index contributed by atoms with van der Waals surface area (Å²) in [7, 11) is 0. The topological polar surface area (TPSA) is 93.5 Å². The Bertz CT molecular complexity index is 718. The summed E-state index contributed by atoms with van der Waals surface area (Å²) in [5, 5.41) is 6.16. The molecule has 26 heavy (non-hydrogen) atoms. The summed E-state index contributed by atoms with van der Waals surface area (Å²) in [4.78, 5) is 23.7. The van der Waals surface area contributed by atoms with Crippen LogP contribution in [0.25, 0.3) is 0 Å². The standard InChI is InChI=1S/C19H22ClN3O3/c20-16-6-8-17(9-7-16)26-13-18(24)22-10-1-11-23-19(25)15-4-2-14(12-21)3-5-15/h2-9H,1,10-13,21H2,(H,22,24)(H,23,25). The zero-order valence-corrected chi connectivity index (χ0v) is 15.1. The first-order valence-electron chi connectivity index (χ1n) is 8.31. The number of benzene rings is 2. The fourth-order valence-electron chi connectivity index (χ4n) is 2.14. The lowest BCUT2D eigenvalue weighted by Crippen LogP contribution is -2.32. The average molecular weight is 376 g/mol. The molecule has 0 aliphatic carbocycles. The van der Waals surface area contributed by atoms with Crippen molar-refractivity contribution in [2.45, 2.75) is 13.0 Å². The number of carbonyl (C=O) groups excluding carboxylic acids is 2. The third kappa shape index (κ3) is 6.74. The molecule has 4 N–H and O–H groups in total. The molecular weight excluding hydrogens is 354 g/mol. The Balaban J connectivity index is 1.58. The number of amides is 2. The van der Waals surface area contributed by atoms with Gasteiger partial charge < -0.3 is 21.1 Å². The van der Waals surface area contributed by atoms with E-state index >= 15 is 0 Å². The van der Waals surface area contributed by atoms with Gasteiger partial charge in [0, 0.05) is 30.2 Å². The number of nitrogens with one attached hydrogen (secondary N) is 2. The van der Waals surface area contributed by atoms with Crippen LogP contribution in [0.3, 0.4) is 0 Å². The van der Waals surface area contributed by atoms with Gasteiger partial charge in [-0.25, -0.2) is 0 Å². The van der Waals surface area contributed by atoms with E-state index in [2.05, 4.69) is 10.6 Å². The minimum atomic E-state index is -0.219. The van der Waals surface area contributed by atoms with Crippen LogP contribution < -0.4 is 21.1 Å². The van der Waals surface area contributed by atoms with Crippen molar-refractivity contribution in [1.29, 1.82) is 0 Å². The highest BCUT2D eigenvalue weighted by atomic mass is 35.5. The maximum atomic E-state index is 12.0. The first-order valence-corrected chi connectivity index (χ1v) is 8.68. The van der Waals surface area contributed by atoms with Gasteiger partial charge in [0.1, 0.15) is 5.75 Å². The molecule has 2 aromatic carbocycles. The van der Waals surface area contributed by atoms with Gasteiger partial charge in [-0.1, -0.05) is 23.7 Å². The highest BCUT2D eigenvalue weighted by Gasteiger charge is 2.05. The maximum Gasteiger partial charge on any atom is 0.257 e. The highest BCUT2D eigenvalue weighted by molar-refractivity contribution is 6.30. The van der Waals surface area contributed by atoms with Crippen molar-refractivity contribution in [1.82, 2.24) is 10.6 Å². The molecule has 0 heterocycles. The summed E-state index contributed by atoms with van der Waals surface area (Å²) >= 11 is 5.78. The second-order valence-electron chi connectivity index (χ2n) is 5.60. The quantitative estimate of drug-likeness (QED) is 0.585. The Morgan fingerprint density at radius 3 is 2.27 bits per heavy atom. The largest absolute Gasteiger partial charge is 0.484 e. The maximum absolute atomic E-state index is 12.0. The van der Waals surface area contributed by atoms with Crippen LogP contribution in [0.1, 0.15) is 22.3 Å². The minimum absolute atomic E-state index is 0.0680. The number of rotatable bonds is 9. The van der Waals surface area contributed by atoms with Crippen LogP contribution in [0, 0.1) is 0 Å². The fourth-order valence-corrected chi connectivity index (χ4v) is 2.27. The van der Waals surface area contributed by atoms with Crippen molar-refractivity contribution in [3.8, 4) is 5.75 Å². The van der Waals surface area contributed by atoms with Crippen LogP contribution in [-0.4, -0.2) is 31.5 Å². The lowest BCUT2D eigenvalue weighted by Gasteiger charge is -2.08. The molecule has 0 aromatic heterocycles. The molecule has 0 atom stereocenters. The lowest BCUT2D eigenvalue weighted by atomic mass is 10.1. The van der Waals surface area contributed by atoms with Crippen molar-refractivity contribution < 1.29 is 14.3 Å². The van der Waals surface area contributed by atoms with Crippen LogP contribution in [0.15, 0.2) is 48.5 Å². The number of nitrogens with two attached hydrogens (primary N) is 1. The molecule has 2 rings (SSSR count). The van der Waals surface area contributed by atoms with Crippen LogP contribution >= 0.6 is 11.6 Å². The first-order chi connectivity index (χ1) is 12.6. The van der Waals surface area contributed by atoms with Gasteiger partial charge in [-0.3, -0.25) is 9.59 Å². The van der Waals surface area contributed by atoms with Gasteiger partial charge >= 0.3 is 0 Å². The van der Waals surface area contributed by atoms with Crippen LogP contribution in [0.4, 0.5) is 0 Å². The summed E-state index contributed by atoms with van der Waals surface area (Å²) in [6.45, 7) is 1.30. The summed E-state index contributed by atoms with van der Waals surface area (Å²) < 4.78 is 5.35. The minimum Gasteiger partial charge on any atom is -0.484 e. The molecule has 2 aromatic rings. The molecule has 0 unspecified atom stereocenters. The van der Waals surface area contributed by atoms with E-state index < -0.39 is 0 Å². The lowest BCUT2D eigenvalue weighted by molar-refractivity contribution is -0.123. The van der Waals surface area contributed by atoms with E-state index in [4.69, 9.17) is 22.1 Å². The Morgan fingerprint density at radius 2 is 1.62 bits per heavy atom. The fraction of sp³-hybridized carbons (Fsp3) is 0.263. The highest BCUT2D eigenvalue weighted by Crippen LogP contribution is 2.15. The number of halogens is 1. The number of carbonyl (C=O) groups is 2. The first kappa shape index (κ1) is 19.8. The molecule has 0 radical (unpaired) electrons. The van der Waals surface area contributed by atoms with E-state index in [-0.39, 0.29) is 18.4 Å². The van der Waals surface area contributed by atoms with Crippen molar-refractivity contribution >= 4 is 23.4 Å². The molecule has 138 valence electrons. The monoisotopic (exact) mass is 375 g/mol. The van der Waals surface area contributed by atoms with Crippen molar-refractivity contribution in [3.63, 3.8) is 0 Å². The van der Waals surface area contributed by atoms with E-state index in [1.165, 1.54) is 0 Å². The summed E-state index contributed by atoms with van der Waals surface area (Å²) in [5.74, 6) is 0.215. The zero-order valence-electron chi connectivity index (χ0n) is 14.3. The van der Waals surface area contributed by atoms with Gasteiger partial charge in [-0.2, -0.15) is 0 Å². The zero-order chi connectivity index (χ0) is 18.8. The van der Waals surface area contributed by atoms with E-state index in [0.717, 1.165) is 5.56 Å². The molecule has 6 nitrogen and oxygen atoms in total. The molecular formula is C19H22ClN3O3. The van der Waals surface area contributed by atoms with E-state index in [9.17, 15) is 9.59 Å². The number of hydrogen-bond acceptors (Lipinski definition) is 4. The third-order valence-electron chi connectivity index (χ3n) is 3.60. The second kappa shape index (κ2) is 10.4. The van der Waals surface area contributed by atoms with Gasteiger partial charge in [-0.05, 0) is 48.4 Å². The smallest absolute Gasteiger partial charge is 0.257 e. The summed E-state index contributed by atoms with van der Waals surface area (Å²) in [5.41, 5.74) is 7.09. The van der Waals surface area contributed by atoms with Gasteiger partial charge in [-0.15, -0.1) is 0 Å². The second-order valence-corrected chi connectivity index (χ2v) is 6.04. The third-order valence-corrected chi connectivity index (χ3v) is 3.85. The Kier molecular flexibility index (Phi) is 7.92. The van der Waals surface area contributed by atoms with Crippen molar-refractivity contribution in [2.24, 2.45) is 5.73 Å². The van der Waals surface area contributed by atoms with Crippen LogP contribution in [0.5, 0.6) is 5.75 Å². The molecule has 0 aliphatic rings.